The van der Waals surface area contributed by atoms with Crippen LogP contribution in [0.25, 0.3) is 11.1 Å². The molecule has 1 aliphatic heterocycles. The Kier molecular flexibility index (Phi) is 2.65. The van der Waals surface area contributed by atoms with Crippen molar-refractivity contribution in [3.05, 3.63) is 18.2 Å². The van der Waals surface area contributed by atoms with Gasteiger partial charge in [-0.05, 0) is 36.5 Å². The Bertz CT molecular complexity index is 563. The molecule has 0 bridgehead atoms. The zero-order valence-corrected chi connectivity index (χ0v) is 10.9. The van der Waals surface area contributed by atoms with E-state index in [1.54, 1.807) is 0 Å². The second-order valence-corrected chi connectivity index (χ2v) is 5.41. The molecule has 0 spiro atoms. The van der Waals surface area contributed by atoms with Crippen molar-refractivity contribution in [3.63, 3.8) is 0 Å². The maximum Gasteiger partial charge on any atom is 0.298 e. The molecule has 96 valence electrons. The number of rotatable bonds is 1. The summed E-state index contributed by atoms with van der Waals surface area (Å²) in [7, 11) is 0. The highest BCUT2D eigenvalue weighted by Gasteiger charge is 2.25. The summed E-state index contributed by atoms with van der Waals surface area (Å²) >= 11 is 0. The minimum Gasteiger partial charge on any atom is -0.423 e. The molecule has 4 heteroatoms. The number of fused-ring (bicyclic) bond motifs is 1. The molecule has 2 atom stereocenters. The zero-order valence-electron chi connectivity index (χ0n) is 10.9. The van der Waals surface area contributed by atoms with E-state index in [4.69, 9.17) is 10.2 Å². The average molecular weight is 245 g/mol. The van der Waals surface area contributed by atoms with Gasteiger partial charge in [-0.1, -0.05) is 13.8 Å². The lowest BCUT2D eigenvalue weighted by Gasteiger charge is -2.34. The Balaban J connectivity index is 1.90. The summed E-state index contributed by atoms with van der Waals surface area (Å²) in [6.45, 7) is 6.64. The van der Waals surface area contributed by atoms with Gasteiger partial charge >= 0.3 is 0 Å². The molecule has 2 aromatic rings. The van der Waals surface area contributed by atoms with Crippen LogP contribution in [-0.4, -0.2) is 18.1 Å². The fourth-order valence-electron chi connectivity index (χ4n) is 2.50. The van der Waals surface area contributed by atoms with Crippen molar-refractivity contribution >= 4 is 22.8 Å². The molecule has 1 aromatic carbocycles. The van der Waals surface area contributed by atoms with Gasteiger partial charge < -0.3 is 15.1 Å². The fraction of sp³-hybridized carbons (Fsp3) is 0.500. The first-order valence-corrected chi connectivity index (χ1v) is 6.54. The number of nitrogens with zero attached hydrogens (tertiary/aromatic N) is 2. The van der Waals surface area contributed by atoms with Gasteiger partial charge in [-0.2, -0.15) is 4.98 Å². The number of nitrogen functional groups attached to an aromatic ring is 1. The highest BCUT2D eigenvalue weighted by Crippen LogP contribution is 2.29. The van der Waals surface area contributed by atoms with E-state index in [9.17, 15) is 0 Å². The van der Waals surface area contributed by atoms with Crippen molar-refractivity contribution in [2.24, 2.45) is 11.8 Å². The predicted octanol–water partition coefficient (Wildman–Crippen LogP) is 2.89. The molecule has 0 aliphatic carbocycles. The standard InChI is InChI=1S/C14H19N3O/c1-9-5-6-17(8-10(9)2)14-16-12-7-11(15)3-4-13(12)18-14/h3-4,7,9-10H,5-6,8,15H2,1-2H3. The van der Waals surface area contributed by atoms with Crippen LogP contribution in [0.3, 0.4) is 0 Å². The molecule has 1 fully saturated rings. The van der Waals surface area contributed by atoms with Crippen LogP contribution in [0.1, 0.15) is 20.3 Å². The third kappa shape index (κ3) is 1.92. The van der Waals surface area contributed by atoms with Crippen molar-refractivity contribution in [3.8, 4) is 0 Å². The van der Waals surface area contributed by atoms with Gasteiger partial charge in [-0.25, -0.2) is 0 Å². The molecule has 2 heterocycles. The molecule has 0 radical (unpaired) electrons. The summed E-state index contributed by atoms with van der Waals surface area (Å²) in [5.41, 5.74) is 8.14. The lowest BCUT2D eigenvalue weighted by Crippen LogP contribution is -2.38. The highest BCUT2D eigenvalue weighted by molar-refractivity contribution is 5.78. The second-order valence-electron chi connectivity index (χ2n) is 5.41. The van der Waals surface area contributed by atoms with E-state index in [-0.39, 0.29) is 0 Å². The number of hydrogen-bond acceptors (Lipinski definition) is 4. The number of aromatic nitrogens is 1. The van der Waals surface area contributed by atoms with Crippen molar-refractivity contribution in [2.75, 3.05) is 23.7 Å². The minimum atomic E-state index is 0.679. The molecule has 2 unspecified atom stereocenters. The third-order valence-electron chi connectivity index (χ3n) is 4.00. The Hall–Kier alpha value is -1.71. The van der Waals surface area contributed by atoms with E-state index < -0.39 is 0 Å². The van der Waals surface area contributed by atoms with E-state index in [0.29, 0.717) is 5.92 Å². The maximum absolute atomic E-state index is 5.81. The summed E-state index contributed by atoms with van der Waals surface area (Å²) < 4.78 is 5.81. The summed E-state index contributed by atoms with van der Waals surface area (Å²) in [5.74, 6) is 1.46. The number of oxazole rings is 1. The zero-order chi connectivity index (χ0) is 12.7. The lowest BCUT2D eigenvalue weighted by atomic mass is 9.89. The maximum atomic E-state index is 5.81. The molecule has 0 saturated carbocycles. The van der Waals surface area contributed by atoms with Gasteiger partial charge in [0.25, 0.3) is 6.01 Å². The van der Waals surface area contributed by atoms with E-state index >= 15 is 0 Å². The number of nitrogens with two attached hydrogens (primary N) is 1. The van der Waals surface area contributed by atoms with Crippen LogP contribution < -0.4 is 10.6 Å². The van der Waals surface area contributed by atoms with Crippen LogP contribution in [0, 0.1) is 11.8 Å². The van der Waals surface area contributed by atoms with Crippen LogP contribution in [0.15, 0.2) is 22.6 Å². The fourth-order valence-corrected chi connectivity index (χ4v) is 2.50. The quantitative estimate of drug-likeness (QED) is 0.785. The number of piperidine rings is 1. The third-order valence-corrected chi connectivity index (χ3v) is 4.00. The highest BCUT2D eigenvalue weighted by atomic mass is 16.4. The minimum absolute atomic E-state index is 0.679. The summed E-state index contributed by atoms with van der Waals surface area (Å²) in [4.78, 5) is 6.77. The van der Waals surface area contributed by atoms with Crippen molar-refractivity contribution in [1.29, 1.82) is 0 Å². The molecular weight excluding hydrogens is 226 g/mol. The lowest BCUT2D eigenvalue weighted by molar-refractivity contribution is 0.314. The first kappa shape index (κ1) is 11.4. The summed E-state index contributed by atoms with van der Waals surface area (Å²) in [5, 5.41) is 0. The monoisotopic (exact) mass is 245 g/mol. The van der Waals surface area contributed by atoms with Gasteiger partial charge in [0.05, 0.1) is 0 Å². The van der Waals surface area contributed by atoms with E-state index in [2.05, 4.69) is 23.7 Å². The normalized spacial score (nSPS) is 24.7. The van der Waals surface area contributed by atoms with Crippen LogP contribution >= 0.6 is 0 Å². The van der Waals surface area contributed by atoms with Crippen LogP contribution in [0.2, 0.25) is 0 Å². The molecule has 2 N–H and O–H groups in total. The molecule has 1 saturated heterocycles. The number of hydrogen-bond donors (Lipinski definition) is 1. The van der Waals surface area contributed by atoms with Gasteiger partial charge in [0.1, 0.15) is 5.52 Å². The first-order chi connectivity index (χ1) is 8.63. The Labute approximate surface area is 107 Å². The number of benzene rings is 1. The summed E-state index contributed by atoms with van der Waals surface area (Å²) in [6.07, 6.45) is 1.20. The molecule has 1 aromatic heterocycles. The summed E-state index contributed by atoms with van der Waals surface area (Å²) in [6, 6.07) is 6.32. The van der Waals surface area contributed by atoms with E-state index in [0.717, 1.165) is 41.8 Å². The largest absolute Gasteiger partial charge is 0.423 e. The van der Waals surface area contributed by atoms with Crippen LogP contribution in [0.4, 0.5) is 11.7 Å². The Morgan fingerprint density at radius 3 is 2.94 bits per heavy atom. The van der Waals surface area contributed by atoms with Gasteiger partial charge in [-0.15, -0.1) is 0 Å². The molecule has 0 amide bonds. The molecule has 18 heavy (non-hydrogen) atoms. The Morgan fingerprint density at radius 1 is 1.33 bits per heavy atom. The average Bonchev–Trinajstić information content (AvgIpc) is 2.75. The van der Waals surface area contributed by atoms with Crippen molar-refractivity contribution in [2.45, 2.75) is 20.3 Å². The van der Waals surface area contributed by atoms with E-state index in [1.165, 1.54) is 6.42 Å². The molecular formula is C14H19N3O. The Morgan fingerprint density at radius 2 is 2.17 bits per heavy atom. The molecule has 3 rings (SSSR count). The molecule has 4 nitrogen and oxygen atoms in total. The van der Waals surface area contributed by atoms with Gasteiger partial charge in [0.2, 0.25) is 0 Å². The topological polar surface area (TPSA) is 55.3 Å². The predicted molar refractivity (Wildman–Crippen MR) is 73.6 cm³/mol. The SMILES string of the molecule is CC1CCN(c2nc3cc(N)ccc3o2)CC1C. The van der Waals surface area contributed by atoms with Crippen molar-refractivity contribution < 1.29 is 4.42 Å². The van der Waals surface area contributed by atoms with Crippen LogP contribution in [-0.2, 0) is 0 Å². The van der Waals surface area contributed by atoms with E-state index in [1.807, 2.05) is 18.2 Å². The second kappa shape index (κ2) is 4.19. The van der Waals surface area contributed by atoms with Gasteiger partial charge in [0, 0.05) is 18.8 Å². The van der Waals surface area contributed by atoms with Gasteiger partial charge in [-0.3, -0.25) is 0 Å². The van der Waals surface area contributed by atoms with Crippen LogP contribution in [0.5, 0.6) is 0 Å². The first-order valence-electron chi connectivity index (χ1n) is 6.54. The van der Waals surface area contributed by atoms with Gasteiger partial charge in [0.15, 0.2) is 5.58 Å². The van der Waals surface area contributed by atoms with Crippen molar-refractivity contribution in [1.82, 2.24) is 4.98 Å². The number of anilines is 2. The molecule has 1 aliphatic rings. The smallest absolute Gasteiger partial charge is 0.298 e.